The van der Waals surface area contributed by atoms with Gasteiger partial charge < -0.3 is 10.4 Å². The Balaban J connectivity index is 2.54. The van der Waals surface area contributed by atoms with Crippen LogP contribution in [0.15, 0.2) is 18.2 Å². The molecular formula is C12H13ClFNO3S. The highest BCUT2D eigenvalue weighted by Gasteiger charge is 2.18. The van der Waals surface area contributed by atoms with Crippen LogP contribution in [0.2, 0.25) is 5.02 Å². The van der Waals surface area contributed by atoms with Gasteiger partial charge in [0.25, 0.3) is 0 Å². The van der Waals surface area contributed by atoms with Crippen molar-refractivity contribution in [3.8, 4) is 0 Å². The minimum absolute atomic E-state index is 0.182. The molecule has 0 bridgehead atoms. The van der Waals surface area contributed by atoms with Crippen molar-refractivity contribution >= 4 is 35.2 Å². The third-order valence-corrected chi connectivity index (χ3v) is 3.68. The van der Waals surface area contributed by atoms with E-state index in [1.54, 1.807) is 0 Å². The average molecular weight is 306 g/mol. The van der Waals surface area contributed by atoms with Crippen molar-refractivity contribution in [1.29, 1.82) is 0 Å². The molecule has 0 aliphatic carbocycles. The molecule has 2 N–H and O–H groups in total. The normalized spacial score (nSPS) is 11.9. The largest absolute Gasteiger partial charge is 0.480 e. The van der Waals surface area contributed by atoms with Gasteiger partial charge in [0.15, 0.2) is 0 Å². The summed E-state index contributed by atoms with van der Waals surface area (Å²) < 4.78 is 13.0. The number of aliphatic carboxylic acids is 1. The number of hydrogen-bond donors (Lipinski definition) is 2. The SMILES string of the molecule is CC(=O)N[C@@H](CSCc1cc(F)ccc1Cl)C(=O)O. The molecule has 0 aliphatic heterocycles. The molecule has 1 aromatic carbocycles. The maximum atomic E-state index is 13.0. The minimum atomic E-state index is -1.10. The highest BCUT2D eigenvalue weighted by atomic mass is 35.5. The number of rotatable bonds is 6. The lowest BCUT2D eigenvalue weighted by atomic mass is 10.2. The minimum Gasteiger partial charge on any atom is -0.480 e. The van der Waals surface area contributed by atoms with Crippen molar-refractivity contribution < 1.29 is 19.1 Å². The number of amides is 1. The van der Waals surface area contributed by atoms with E-state index in [9.17, 15) is 14.0 Å². The molecule has 19 heavy (non-hydrogen) atoms. The fourth-order valence-electron chi connectivity index (χ4n) is 1.36. The number of halogens is 2. The van der Waals surface area contributed by atoms with Gasteiger partial charge >= 0.3 is 5.97 Å². The number of carbonyl (C=O) groups is 2. The number of thioether (sulfide) groups is 1. The van der Waals surface area contributed by atoms with Gasteiger partial charge in [-0.15, -0.1) is 0 Å². The van der Waals surface area contributed by atoms with Crippen LogP contribution in [0.4, 0.5) is 4.39 Å². The summed E-state index contributed by atoms with van der Waals surface area (Å²) >= 11 is 7.15. The second-order valence-electron chi connectivity index (χ2n) is 3.84. The van der Waals surface area contributed by atoms with E-state index in [1.807, 2.05) is 0 Å². The van der Waals surface area contributed by atoms with Crippen LogP contribution < -0.4 is 5.32 Å². The lowest BCUT2D eigenvalue weighted by Gasteiger charge is -2.13. The van der Waals surface area contributed by atoms with Crippen LogP contribution in [0.5, 0.6) is 0 Å². The molecule has 1 aromatic rings. The zero-order valence-electron chi connectivity index (χ0n) is 10.2. The Bertz CT molecular complexity index is 484. The van der Waals surface area contributed by atoms with Crippen molar-refractivity contribution in [1.82, 2.24) is 5.32 Å². The molecule has 0 saturated heterocycles. The molecule has 0 unspecified atom stereocenters. The number of benzene rings is 1. The molecule has 0 radical (unpaired) electrons. The van der Waals surface area contributed by atoms with Crippen LogP contribution >= 0.6 is 23.4 Å². The number of carbonyl (C=O) groups excluding carboxylic acids is 1. The van der Waals surface area contributed by atoms with Crippen LogP contribution in [0, 0.1) is 5.82 Å². The number of carboxylic acids is 1. The molecule has 0 saturated carbocycles. The first-order valence-corrected chi connectivity index (χ1v) is 6.95. The summed E-state index contributed by atoms with van der Waals surface area (Å²) in [6.45, 7) is 1.25. The number of hydrogen-bond acceptors (Lipinski definition) is 3. The molecule has 0 fully saturated rings. The van der Waals surface area contributed by atoms with Gasteiger partial charge in [-0.3, -0.25) is 4.79 Å². The second-order valence-corrected chi connectivity index (χ2v) is 5.28. The molecular weight excluding hydrogens is 293 g/mol. The lowest BCUT2D eigenvalue weighted by Crippen LogP contribution is -2.41. The van der Waals surface area contributed by atoms with E-state index in [-0.39, 0.29) is 5.75 Å². The van der Waals surface area contributed by atoms with Gasteiger partial charge in [0.1, 0.15) is 11.9 Å². The zero-order valence-corrected chi connectivity index (χ0v) is 11.7. The van der Waals surface area contributed by atoms with Crippen LogP contribution in [0.3, 0.4) is 0 Å². The van der Waals surface area contributed by atoms with E-state index >= 15 is 0 Å². The van der Waals surface area contributed by atoms with Crippen molar-refractivity contribution in [3.05, 3.63) is 34.6 Å². The average Bonchev–Trinajstić information content (AvgIpc) is 2.31. The van der Waals surface area contributed by atoms with Gasteiger partial charge in [-0.25, -0.2) is 9.18 Å². The fourth-order valence-corrected chi connectivity index (χ4v) is 2.66. The standard InChI is InChI=1S/C12H13ClFNO3S/c1-7(16)15-11(12(17)18)6-19-5-8-4-9(14)2-3-10(8)13/h2-4,11H,5-6H2,1H3,(H,15,16)(H,17,18)/t11-/m0/s1. The summed E-state index contributed by atoms with van der Waals surface area (Å²) in [4.78, 5) is 21.7. The lowest BCUT2D eigenvalue weighted by molar-refractivity contribution is -0.140. The molecule has 7 heteroatoms. The highest BCUT2D eigenvalue weighted by Crippen LogP contribution is 2.22. The quantitative estimate of drug-likeness (QED) is 0.846. The van der Waals surface area contributed by atoms with Crippen LogP contribution in [-0.2, 0) is 15.3 Å². The third-order valence-electron chi connectivity index (χ3n) is 2.23. The Hall–Kier alpha value is -1.27. The molecule has 0 aromatic heterocycles. The van der Waals surface area contributed by atoms with E-state index in [0.29, 0.717) is 16.3 Å². The van der Waals surface area contributed by atoms with Crippen molar-refractivity contribution in [2.24, 2.45) is 0 Å². The predicted octanol–water partition coefficient (Wildman–Crippen LogP) is 2.30. The summed E-state index contributed by atoms with van der Waals surface area (Å²) in [5.41, 5.74) is 0.596. The predicted molar refractivity (Wildman–Crippen MR) is 72.8 cm³/mol. The van der Waals surface area contributed by atoms with Gasteiger partial charge in [-0.1, -0.05) is 11.6 Å². The summed E-state index contributed by atoms with van der Waals surface area (Å²) in [6, 6.07) is 3.06. The molecule has 4 nitrogen and oxygen atoms in total. The molecule has 1 rings (SSSR count). The Kier molecular flexibility index (Phi) is 6.11. The van der Waals surface area contributed by atoms with Crippen molar-refractivity contribution in [2.45, 2.75) is 18.7 Å². The smallest absolute Gasteiger partial charge is 0.327 e. The molecule has 104 valence electrons. The molecule has 1 atom stereocenters. The van der Waals surface area contributed by atoms with E-state index in [0.717, 1.165) is 0 Å². The highest BCUT2D eigenvalue weighted by molar-refractivity contribution is 7.98. The van der Waals surface area contributed by atoms with E-state index in [4.69, 9.17) is 16.7 Å². The van der Waals surface area contributed by atoms with Crippen molar-refractivity contribution in [2.75, 3.05) is 5.75 Å². The summed E-state index contributed by atoms with van der Waals surface area (Å²) in [7, 11) is 0. The maximum Gasteiger partial charge on any atom is 0.327 e. The maximum absolute atomic E-state index is 13.0. The Morgan fingerprint density at radius 3 is 2.79 bits per heavy atom. The number of carboxylic acid groups (broad SMARTS) is 1. The van der Waals surface area contributed by atoms with Gasteiger partial charge in [-0.2, -0.15) is 11.8 Å². The molecule has 0 spiro atoms. The van der Waals surface area contributed by atoms with Gasteiger partial charge in [-0.05, 0) is 23.8 Å². The monoisotopic (exact) mass is 305 g/mol. The molecule has 0 heterocycles. The topological polar surface area (TPSA) is 66.4 Å². The van der Waals surface area contributed by atoms with E-state index in [2.05, 4.69) is 5.32 Å². The fraction of sp³-hybridized carbons (Fsp3) is 0.333. The van der Waals surface area contributed by atoms with Crippen molar-refractivity contribution in [3.63, 3.8) is 0 Å². The van der Waals surface area contributed by atoms with Gasteiger partial charge in [0.2, 0.25) is 5.91 Å². The zero-order chi connectivity index (χ0) is 14.4. The Labute approximate surface area is 119 Å². The van der Waals surface area contributed by atoms with Gasteiger partial charge in [0, 0.05) is 23.5 Å². The van der Waals surface area contributed by atoms with Crippen LogP contribution in [0.25, 0.3) is 0 Å². The summed E-state index contributed by atoms with van der Waals surface area (Å²) in [5, 5.41) is 11.7. The molecule has 1 amide bonds. The number of nitrogens with one attached hydrogen (secondary N) is 1. The van der Waals surface area contributed by atoms with Gasteiger partial charge in [0.05, 0.1) is 0 Å². The first-order valence-electron chi connectivity index (χ1n) is 5.41. The first kappa shape index (κ1) is 15.8. The summed E-state index contributed by atoms with van der Waals surface area (Å²) in [5.74, 6) is -1.34. The Morgan fingerprint density at radius 2 is 2.21 bits per heavy atom. The molecule has 0 aliphatic rings. The second kappa shape index (κ2) is 7.35. The third kappa shape index (κ3) is 5.48. The van der Waals surface area contributed by atoms with Crippen LogP contribution in [0.1, 0.15) is 12.5 Å². The van der Waals surface area contributed by atoms with E-state index in [1.165, 1.54) is 36.9 Å². The van der Waals surface area contributed by atoms with E-state index < -0.39 is 23.7 Å². The summed E-state index contributed by atoms with van der Waals surface area (Å²) in [6.07, 6.45) is 0. The van der Waals surface area contributed by atoms with Crippen LogP contribution in [-0.4, -0.2) is 28.8 Å². The first-order chi connectivity index (χ1) is 8.90. The Morgan fingerprint density at radius 1 is 1.53 bits per heavy atom.